The lowest BCUT2D eigenvalue weighted by Crippen LogP contribution is -2.14. The number of anilines is 1. The minimum atomic E-state index is -0.409. The highest BCUT2D eigenvalue weighted by atomic mass is 32.1. The summed E-state index contributed by atoms with van der Waals surface area (Å²) < 4.78 is 11.7. The standard InChI is InChI=1S/C22H23NO4S/c1-3-5-14-27-22(25)19-17-8-6-7-9-18(17)28-21(19)23-20(24)15-10-12-16(13-11-15)26-4-2/h6-13H,3-5,14H2,1-2H3,(H,23,24). The van der Waals surface area contributed by atoms with Crippen LogP contribution in [0.4, 0.5) is 5.00 Å². The quantitative estimate of drug-likeness (QED) is 0.402. The first-order valence-corrected chi connectivity index (χ1v) is 10.2. The Balaban J connectivity index is 1.86. The second-order valence-corrected chi connectivity index (χ2v) is 7.26. The Morgan fingerprint density at radius 1 is 1.04 bits per heavy atom. The molecule has 0 bridgehead atoms. The molecule has 0 fully saturated rings. The van der Waals surface area contributed by atoms with Gasteiger partial charge < -0.3 is 14.8 Å². The van der Waals surface area contributed by atoms with E-state index in [9.17, 15) is 9.59 Å². The van der Waals surface area contributed by atoms with Gasteiger partial charge in [0.05, 0.1) is 13.2 Å². The van der Waals surface area contributed by atoms with Gasteiger partial charge in [0.25, 0.3) is 5.91 Å². The maximum atomic E-state index is 12.7. The Morgan fingerprint density at radius 2 is 1.79 bits per heavy atom. The summed E-state index contributed by atoms with van der Waals surface area (Å²) in [5, 5.41) is 4.17. The van der Waals surface area contributed by atoms with Gasteiger partial charge in [0.2, 0.25) is 0 Å². The van der Waals surface area contributed by atoms with Gasteiger partial charge in [-0.2, -0.15) is 0 Å². The van der Waals surface area contributed by atoms with E-state index in [1.54, 1.807) is 24.3 Å². The van der Waals surface area contributed by atoms with E-state index < -0.39 is 5.97 Å². The van der Waals surface area contributed by atoms with Crippen molar-refractivity contribution in [3.63, 3.8) is 0 Å². The van der Waals surface area contributed by atoms with E-state index in [-0.39, 0.29) is 5.91 Å². The Morgan fingerprint density at radius 3 is 2.50 bits per heavy atom. The first-order valence-electron chi connectivity index (χ1n) is 9.37. The third-order valence-corrected chi connectivity index (χ3v) is 5.27. The normalized spacial score (nSPS) is 10.6. The molecule has 0 saturated carbocycles. The number of nitrogens with one attached hydrogen (secondary N) is 1. The lowest BCUT2D eigenvalue weighted by molar-refractivity contribution is 0.0503. The number of esters is 1. The van der Waals surface area contributed by atoms with Crippen molar-refractivity contribution in [3.8, 4) is 5.75 Å². The molecule has 3 rings (SSSR count). The number of carbonyl (C=O) groups is 2. The van der Waals surface area contributed by atoms with Crippen molar-refractivity contribution < 1.29 is 19.1 Å². The summed E-state index contributed by atoms with van der Waals surface area (Å²) in [5.41, 5.74) is 0.905. The molecular weight excluding hydrogens is 374 g/mol. The fraction of sp³-hybridized carbons (Fsp3) is 0.273. The van der Waals surface area contributed by atoms with Crippen LogP contribution < -0.4 is 10.1 Å². The topological polar surface area (TPSA) is 64.6 Å². The van der Waals surface area contributed by atoms with E-state index in [0.717, 1.165) is 22.9 Å². The predicted octanol–water partition coefficient (Wildman–Crippen LogP) is 5.51. The number of rotatable bonds is 8. The van der Waals surface area contributed by atoms with Gasteiger partial charge in [0, 0.05) is 15.6 Å². The van der Waals surface area contributed by atoms with E-state index in [1.807, 2.05) is 38.1 Å². The minimum absolute atomic E-state index is 0.280. The summed E-state index contributed by atoms with van der Waals surface area (Å²) in [6, 6.07) is 14.5. The molecule has 5 nitrogen and oxygen atoms in total. The van der Waals surface area contributed by atoms with E-state index in [1.165, 1.54) is 11.3 Å². The van der Waals surface area contributed by atoms with Crippen LogP contribution in [0.15, 0.2) is 48.5 Å². The zero-order valence-electron chi connectivity index (χ0n) is 16.0. The van der Waals surface area contributed by atoms with Crippen molar-refractivity contribution in [2.45, 2.75) is 26.7 Å². The van der Waals surface area contributed by atoms with E-state index in [4.69, 9.17) is 9.47 Å². The lowest BCUT2D eigenvalue weighted by atomic mass is 10.1. The summed E-state index contributed by atoms with van der Waals surface area (Å²) in [4.78, 5) is 25.4. The fourth-order valence-electron chi connectivity index (χ4n) is 2.76. The molecular formula is C22H23NO4S. The molecule has 2 aromatic carbocycles. The SMILES string of the molecule is CCCCOC(=O)c1c(NC(=O)c2ccc(OCC)cc2)sc2ccccc12. The van der Waals surface area contributed by atoms with Crippen LogP contribution in [0, 0.1) is 0 Å². The maximum Gasteiger partial charge on any atom is 0.341 e. The summed E-state index contributed by atoms with van der Waals surface area (Å²) in [7, 11) is 0. The van der Waals surface area contributed by atoms with Crippen LogP contribution in [0.3, 0.4) is 0 Å². The number of hydrogen-bond acceptors (Lipinski definition) is 5. The van der Waals surface area contributed by atoms with Crippen LogP contribution in [-0.2, 0) is 4.74 Å². The molecule has 0 unspecified atom stereocenters. The Kier molecular flexibility index (Phi) is 6.66. The Bertz CT molecular complexity index is 962. The molecule has 0 saturated heterocycles. The molecule has 1 amide bonds. The highest BCUT2D eigenvalue weighted by Crippen LogP contribution is 2.36. The molecule has 1 heterocycles. The van der Waals surface area contributed by atoms with Crippen molar-refractivity contribution in [3.05, 3.63) is 59.7 Å². The van der Waals surface area contributed by atoms with E-state index in [2.05, 4.69) is 5.32 Å². The third kappa shape index (κ3) is 4.51. The lowest BCUT2D eigenvalue weighted by Gasteiger charge is -2.08. The van der Waals surface area contributed by atoms with Crippen molar-refractivity contribution >= 4 is 38.3 Å². The van der Waals surface area contributed by atoms with Crippen molar-refractivity contribution in [2.75, 3.05) is 18.5 Å². The zero-order chi connectivity index (χ0) is 19.9. The first kappa shape index (κ1) is 19.9. The monoisotopic (exact) mass is 397 g/mol. The Hall–Kier alpha value is -2.86. The summed E-state index contributed by atoms with van der Waals surface area (Å²) in [5.74, 6) is 0.0196. The number of thiophene rings is 1. The average molecular weight is 397 g/mol. The van der Waals surface area contributed by atoms with Crippen molar-refractivity contribution in [2.24, 2.45) is 0 Å². The van der Waals surface area contributed by atoms with Gasteiger partial charge in [-0.05, 0) is 43.7 Å². The second-order valence-electron chi connectivity index (χ2n) is 6.20. The minimum Gasteiger partial charge on any atom is -0.494 e. The van der Waals surface area contributed by atoms with Crippen LogP contribution >= 0.6 is 11.3 Å². The van der Waals surface area contributed by atoms with Crippen LogP contribution in [0.1, 0.15) is 47.4 Å². The summed E-state index contributed by atoms with van der Waals surface area (Å²) in [6.07, 6.45) is 1.75. The molecule has 0 aliphatic heterocycles. The van der Waals surface area contributed by atoms with Crippen molar-refractivity contribution in [1.82, 2.24) is 0 Å². The van der Waals surface area contributed by atoms with E-state index in [0.29, 0.717) is 35.1 Å². The van der Waals surface area contributed by atoms with Gasteiger partial charge in [-0.25, -0.2) is 4.79 Å². The number of amides is 1. The van der Waals surface area contributed by atoms with Crippen LogP contribution in [-0.4, -0.2) is 25.1 Å². The number of ether oxygens (including phenoxy) is 2. The van der Waals surface area contributed by atoms with Crippen LogP contribution in [0.25, 0.3) is 10.1 Å². The predicted molar refractivity (Wildman–Crippen MR) is 113 cm³/mol. The highest BCUT2D eigenvalue weighted by Gasteiger charge is 2.22. The molecule has 146 valence electrons. The zero-order valence-corrected chi connectivity index (χ0v) is 16.8. The highest BCUT2D eigenvalue weighted by molar-refractivity contribution is 7.23. The molecule has 0 atom stereocenters. The fourth-order valence-corrected chi connectivity index (χ4v) is 3.85. The maximum absolute atomic E-state index is 12.7. The number of unbranched alkanes of at least 4 members (excludes halogenated alkanes) is 1. The first-order chi connectivity index (χ1) is 13.6. The number of benzene rings is 2. The average Bonchev–Trinajstić information content (AvgIpc) is 3.06. The number of hydrogen-bond donors (Lipinski definition) is 1. The molecule has 6 heteroatoms. The van der Waals surface area contributed by atoms with Gasteiger partial charge in [0.15, 0.2) is 0 Å². The molecule has 1 N–H and O–H groups in total. The number of carbonyl (C=O) groups excluding carboxylic acids is 2. The second kappa shape index (κ2) is 9.37. The molecule has 0 spiro atoms. The van der Waals surface area contributed by atoms with E-state index >= 15 is 0 Å². The van der Waals surface area contributed by atoms with Crippen molar-refractivity contribution in [1.29, 1.82) is 0 Å². The molecule has 0 aliphatic rings. The van der Waals surface area contributed by atoms with Gasteiger partial charge in [0.1, 0.15) is 16.3 Å². The summed E-state index contributed by atoms with van der Waals surface area (Å²) >= 11 is 1.37. The molecule has 1 aromatic heterocycles. The van der Waals surface area contributed by atoms with Gasteiger partial charge in [-0.3, -0.25) is 4.79 Å². The molecule has 28 heavy (non-hydrogen) atoms. The summed E-state index contributed by atoms with van der Waals surface area (Å²) in [6.45, 7) is 4.88. The largest absolute Gasteiger partial charge is 0.494 e. The van der Waals surface area contributed by atoms with Crippen LogP contribution in [0.2, 0.25) is 0 Å². The van der Waals surface area contributed by atoms with Crippen LogP contribution in [0.5, 0.6) is 5.75 Å². The third-order valence-electron chi connectivity index (χ3n) is 4.19. The van der Waals surface area contributed by atoms with Gasteiger partial charge in [-0.1, -0.05) is 31.5 Å². The molecule has 3 aromatic rings. The molecule has 0 aliphatic carbocycles. The smallest absolute Gasteiger partial charge is 0.341 e. The molecule has 0 radical (unpaired) electrons. The number of fused-ring (bicyclic) bond motifs is 1. The van der Waals surface area contributed by atoms with Gasteiger partial charge in [-0.15, -0.1) is 11.3 Å². The Labute approximate surface area is 168 Å². The van der Waals surface area contributed by atoms with Gasteiger partial charge >= 0.3 is 5.97 Å².